The van der Waals surface area contributed by atoms with Gasteiger partial charge in [0.05, 0.1) is 11.6 Å². The van der Waals surface area contributed by atoms with E-state index >= 15 is 0 Å². The highest BCUT2D eigenvalue weighted by atomic mass is 35.5. The fraction of sp³-hybridized carbons (Fsp3) is 0.800. The third-order valence-electron chi connectivity index (χ3n) is 2.30. The third-order valence-corrected chi connectivity index (χ3v) is 2.56. The predicted molar refractivity (Wildman–Crippen MR) is 58.4 cm³/mol. The highest BCUT2D eigenvalue weighted by Crippen LogP contribution is 2.13. The van der Waals surface area contributed by atoms with Crippen molar-refractivity contribution in [2.45, 2.75) is 46.0 Å². The number of nitrogens with zero attached hydrogens (tertiary/aromatic N) is 3. The summed E-state index contributed by atoms with van der Waals surface area (Å²) in [4.78, 5) is 0. The largest absolute Gasteiger partial charge is 0.249 e. The molecule has 0 atom stereocenters. The number of aryl methyl sites for hydroxylation is 1. The summed E-state index contributed by atoms with van der Waals surface area (Å²) >= 11 is 5.80. The normalized spacial score (nSPS) is 11.2. The van der Waals surface area contributed by atoms with Crippen molar-refractivity contribution in [2.75, 3.05) is 0 Å². The topological polar surface area (TPSA) is 30.7 Å². The SMILES string of the molecule is CCn1nnc(CCl)c1CCC(C)C. The Bertz CT molecular complexity index is 259. The summed E-state index contributed by atoms with van der Waals surface area (Å²) < 4.78 is 1.94. The molecule has 1 aromatic rings. The number of halogens is 1. The van der Waals surface area contributed by atoms with Crippen LogP contribution in [0.5, 0.6) is 0 Å². The average Bonchev–Trinajstić information content (AvgIpc) is 2.56. The zero-order chi connectivity index (χ0) is 10.6. The van der Waals surface area contributed by atoms with Gasteiger partial charge in [0.1, 0.15) is 5.69 Å². The Hall–Kier alpha value is -0.570. The summed E-state index contributed by atoms with van der Waals surface area (Å²) in [6.45, 7) is 7.39. The lowest BCUT2D eigenvalue weighted by atomic mass is 10.1. The number of hydrogen-bond donors (Lipinski definition) is 0. The maximum absolute atomic E-state index is 5.80. The van der Waals surface area contributed by atoms with Gasteiger partial charge in [0.25, 0.3) is 0 Å². The zero-order valence-electron chi connectivity index (χ0n) is 9.13. The third kappa shape index (κ3) is 2.71. The van der Waals surface area contributed by atoms with E-state index in [9.17, 15) is 0 Å². The molecule has 1 aromatic heterocycles. The second-order valence-electron chi connectivity index (χ2n) is 3.86. The molecule has 0 aliphatic heterocycles. The van der Waals surface area contributed by atoms with E-state index in [1.807, 2.05) is 4.68 Å². The molecule has 0 fully saturated rings. The lowest BCUT2D eigenvalue weighted by molar-refractivity contribution is 0.541. The van der Waals surface area contributed by atoms with Gasteiger partial charge in [0.15, 0.2) is 0 Å². The van der Waals surface area contributed by atoms with Gasteiger partial charge in [-0.3, -0.25) is 0 Å². The Morgan fingerprint density at radius 1 is 1.43 bits per heavy atom. The van der Waals surface area contributed by atoms with Gasteiger partial charge in [-0.2, -0.15) is 0 Å². The van der Waals surface area contributed by atoms with Crippen molar-refractivity contribution in [1.82, 2.24) is 15.0 Å². The van der Waals surface area contributed by atoms with Gasteiger partial charge in [-0.25, -0.2) is 4.68 Å². The van der Waals surface area contributed by atoms with E-state index < -0.39 is 0 Å². The molecule has 1 rings (SSSR count). The van der Waals surface area contributed by atoms with Crippen LogP contribution in [0.15, 0.2) is 0 Å². The number of alkyl halides is 1. The molecule has 0 saturated heterocycles. The molecular formula is C10H18ClN3. The van der Waals surface area contributed by atoms with E-state index in [2.05, 4.69) is 31.1 Å². The molecule has 4 heteroatoms. The first-order chi connectivity index (χ1) is 6.69. The number of hydrogen-bond acceptors (Lipinski definition) is 2. The molecule has 0 aromatic carbocycles. The van der Waals surface area contributed by atoms with Gasteiger partial charge in [-0.15, -0.1) is 16.7 Å². The van der Waals surface area contributed by atoms with E-state index in [0.717, 1.165) is 25.1 Å². The van der Waals surface area contributed by atoms with E-state index in [0.29, 0.717) is 11.8 Å². The van der Waals surface area contributed by atoms with Crippen LogP contribution >= 0.6 is 11.6 Å². The van der Waals surface area contributed by atoms with Crippen LogP contribution in [0.3, 0.4) is 0 Å². The summed E-state index contributed by atoms with van der Waals surface area (Å²) in [7, 11) is 0. The Morgan fingerprint density at radius 2 is 2.14 bits per heavy atom. The standard InChI is InChI=1S/C10H18ClN3/c1-4-14-10(6-5-8(2)3)9(7-11)12-13-14/h8H,4-7H2,1-3H3. The first-order valence-corrected chi connectivity index (χ1v) is 5.69. The maximum Gasteiger partial charge on any atom is 0.101 e. The quantitative estimate of drug-likeness (QED) is 0.707. The van der Waals surface area contributed by atoms with E-state index in [1.165, 1.54) is 5.69 Å². The van der Waals surface area contributed by atoms with Crippen molar-refractivity contribution in [3.63, 3.8) is 0 Å². The van der Waals surface area contributed by atoms with Gasteiger partial charge in [0, 0.05) is 6.54 Å². The molecule has 0 aliphatic carbocycles. The summed E-state index contributed by atoms with van der Waals surface area (Å²) in [5.41, 5.74) is 2.14. The van der Waals surface area contributed by atoms with Crippen molar-refractivity contribution in [1.29, 1.82) is 0 Å². The van der Waals surface area contributed by atoms with Crippen molar-refractivity contribution >= 4 is 11.6 Å². The summed E-state index contributed by atoms with van der Waals surface area (Å²) in [5, 5.41) is 8.13. The van der Waals surface area contributed by atoms with Crippen LogP contribution in [0.4, 0.5) is 0 Å². The first kappa shape index (κ1) is 11.5. The van der Waals surface area contributed by atoms with E-state index in [4.69, 9.17) is 11.6 Å². The van der Waals surface area contributed by atoms with Crippen LogP contribution in [-0.4, -0.2) is 15.0 Å². The zero-order valence-corrected chi connectivity index (χ0v) is 9.88. The molecule has 0 unspecified atom stereocenters. The van der Waals surface area contributed by atoms with Gasteiger partial charge in [-0.1, -0.05) is 19.1 Å². The second kappa shape index (κ2) is 5.35. The van der Waals surface area contributed by atoms with Crippen LogP contribution in [0.25, 0.3) is 0 Å². The first-order valence-electron chi connectivity index (χ1n) is 5.16. The molecule has 80 valence electrons. The summed E-state index contributed by atoms with van der Waals surface area (Å²) in [5.74, 6) is 1.17. The van der Waals surface area contributed by atoms with E-state index in [-0.39, 0.29) is 0 Å². The van der Waals surface area contributed by atoms with Gasteiger partial charge >= 0.3 is 0 Å². The summed E-state index contributed by atoms with van der Waals surface area (Å²) in [6, 6.07) is 0. The van der Waals surface area contributed by atoms with Crippen molar-refractivity contribution in [3.05, 3.63) is 11.4 Å². The minimum atomic E-state index is 0.466. The number of aromatic nitrogens is 3. The number of rotatable bonds is 5. The molecule has 0 saturated carbocycles. The van der Waals surface area contributed by atoms with Gasteiger partial charge in [0.2, 0.25) is 0 Å². The van der Waals surface area contributed by atoms with Gasteiger partial charge in [-0.05, 0) is 25.7 Å². The van der Waals surface area contributed by atoms with Crippen LogP contribution in [0.1, 0.15) is 38.6 Å². The highest BCUT2D eigenvalue weighted by Gasteiger charge is 2.10. The summed E-state index contributed by atoms with van der Waals surface area (Å²) in [6.07, 6.45) is 2.19. The van der Waals surface area contributed by atoms with Crippen molar-refractivity contribution < 1.29 is 0 Å². The molecule has 0 amide bonds. The molecule has 14 heavy (non-hydrogen) atoms. The lowest BCUT2D eigenvalue weighted by Crippen LogP contribution is -2.05. The second-order valence-corrected chi connectivity index (χ2v) is 4.13. The van der Waals surface area contributed by atoms with Crippen molar-refractivity contribution in [2.24, 2.45) is 5.92 Å². The Balaban J connectivity index is 2.75. The van der Waals surface area contributed by atoms with Crippen molar-refractivity contribution in [3.8, 4) is 0 Å². The maximum atomic E-state index is 5.80. The molecule has 0 bridgehead atoms. The minimum absolute atomic E-state index is 0.466. The van der Waals surface area contributed by atoms with Crippen LogP contribution < -0.4 is 0 Å². The molecule has 0 N–H and O–H groups in total. The van der Waals surface area contributed by atoms with Crippen LogP contribution in [0.2, 0.25) is 0 Å². The predicted octanol–water partition coefficient (Wildman–Crippen LogP) is 2.63. The molecule has 0 spiro atoms. The molecule has 0 aliphatic rings. The Labute approximate surface area is 90.4 Å². The van der Waals surface area contributed by atoms with Crippen LogP contribution in [0, 0.1) is 5.92 Å². The molecular weight excluding hydrogens is 198 g/mol. The average molecular weight is 216 g/mol. The lowest BCUT2D eigenvalue weighted by Gasteiger charge is -2.06. The fourth-order valence-electron chi connectivity index (χ4n) is 1.43. The smallest absolute Gasteiger partial charge is 0.101 e. The Kier molecular flexibility index (Phi) is 4.39. The fourth-order valence-corrected chi connectivity index (χ4v) is 1.63. The van der Waals surface area contributed by atoms with E-state index in [1.54, 1.807) is 0 Å². The van der Waals surface area contributed by atoms with Gasteiger partial charge < -0.3 is 0 Å². The van der Waals surface area contributed by atoms with Crippen LogP contribution in [-0.2, 0) is 18.8 Å². The molecule has 0 radical (unpaired) electrons. The minimum Gasteiger partial charge on any atom is -0.249 e. The molecule has 1 heterocycles. The molecule has 3 nitrogen and oxygen atoms in total. The highest BCUT2D eigenvalue weighted by molar-refractivity contribution is 6.16. The monoisotopic (exact) mass is 215 g/mol. The Morgan fingerprint density at radius 3 is 2.64 bits per heavy atom.